The van der Waals surface area contributed by atoms with E-state index in [1.807, 2.05) is 36.4 Å². The topological polar surface area (TPSA) is 73.3 Å². The Kier molecular flexibility index (Phi) is 5.41. The zero-order valence-electron chi connectivity index (χ0n) is 12.0. The molecule has 5 heteroatoms. The summed E-state index contributed by atoms with van der Waals surface area (Å²) in [5.41, 5.74) is 1.77. The highest BCUT2D eigenvalue weighted by Gasteiger charge is 2.00. The normalized spacial score (nSPS) is 11.0. The van der Waals surface area contributed by atoms with Crippen LogP contribution in [0.5, 0.6) is 0 Å². The van der Waals surface area contributed by atoms with Gasteiger partial charge in [-0.15, -0.1) is 0 Å². The molecule has 1 aromatic heterocycles. The number of nitriles is 1. The highest BCUT2D eigenvalue weighted by molar-refractivity contribution is 5.79. The van der Waals surface area contributed by atoms with Crippen molar-refractivity contribution < 1.29 is 4.42 Å². The third-order valence-electron chi connectivity index (χ3n) is 3.01. The minimum atomic E-state index is 0.659. The number of guanidine groups is 1. The zero-order valence-corrected chi connectivity index (χ0v) is 12.0. The molecule has 0 atom stereocenters. The molecule has 0 bridgehead atoms. The Bertz CT molecular complexity index is 609. The molecule has 0 spiro atoms. The van der Waals surface area contributed by atoms with Crippen LogP contribution in [0.3, 0.4) is 0 Å². The minimum absolute atomic E-state index is 0.659. The number of furan rings is 1. The van der Waals surface area contributed by atoms with E-state index in [0.717, 1.165) is 30.2 Å². The molecule has 2 rings (SSSR count). The molecule has 1 aromatic carbocycles. The number of nitrogens with one attached hydrogen (secondary N) is 2. The van der Waals surface area contributed by atoms with Crippen LogP contribution in [0.1, 0.15) is 16.9 Å². The van der Waals surface area contributed by atoms with Crippen LogP contribution >= 0.6 is 0 Å². The first kappa shape index (κ1) is 14.7. The molecule has 0 saturated heterocycles. The van der Waals surface area contributed by atoms with E-state index in [2.05, 4.69) is 21.7 Å². The largest absolute Gasteiger partial charge is 0.469 e. The maximum absolute atomic E-state index is 8.76. The summed E-state index contributed by atoms with van der Waals surface area (Å²) in [6.07, 6.45) is 2.48. The molecular weight excluding hydrogens is 264 g/mol. The Morgan fingerprint density at radius 1 is 1.24 bits per heavy atom. The van der Waals surface area contributed by atoms with Crippen LogP contribution in [-0.2, 0) is 13.0 Å². The molecule has 1 heterocycles. The van der Waals surface area contributed by atoms with Crippen LogP contribution in [0.25, 0.3) is 0 Å². The van der Waals surface area contributed by atoms with E-state index in [9.17, 15) is 0 Å². The Labute approximate surface area is 124 Å². The molecule has 0 aliphatic heterocycles. The quantitative estimate of drug-likeness (QED) is 0.650. The van der Waals surface area contributed by atoms with E-state index >= 15 is 0 Å². The van der Waals surface area contributed by atoms with Crippen molar-refractivity contribution in [2.75, 3.05) is 13.6 Å². The van der Waals surface area contributed by atoms with Gasteiger partial charge < -0.3 is 15.1 Å². The fourth-order valence-electron chi connectivity index (χ4n) is 1.86. The van der Waals surface area contributed by atoms with Crippen molar-refractivity contribution in [3.63, 3.8) is 0 Å². The second kappa shape index (κ2) is 7.75. The zero-order chi connectivity index (χ0) is 14.9. The second-order valence-corrected chi connectivity index (χ2v) is 4.49. The smallest absolute Gasteiger partial charge is 0.191 e. The Hall–Kier alpha value is -2.74. The fourth-order valence-corrected chi connectivity index (χ4v) is 1.86. The average Bonchev–Trinajstić information content (AvgIpc) is 3.04. The summed E-state index contributed by atoms with van der Waals surface area (Å²) < 4.78 is 5.27. The molecule has 108 valence electrons. The first-order valence-corrected chi connectivity index (χ1v) is 6.78. The molecule has 0 aliphatic carbocycles. The molecule has 2 aromatic rings. The summed E-state index contributed by atoms with van der Waals surface area (Å²) in [5.74, 6) is 1.69. The number of aliphatic imine (C=N–C) groups is 1. The molecular formula is C16H18N4O. The maximum Gasteiger partial charge on any atom is 0.191 e. The summed E-state index contributed by atoms with van der Waals surface area (Å²) in [4.78, 5) is 4.17. The van der Waals surface area contributed by atoms with Gasteiger partial charge in [0.05, 0.1) is 17.9 Å². The molecule has 21 heavy (non-hydrogen) atoms. The Morgan fingerprint density at radius 3 is 2.67 bits per heavy atom. The summed E-state index contributed by atoms with van der Waals surface area (Å²) in [5, 5.41) is 15.2. The molecule has 5 nitrogen and oxygen atoms in total. The molecule has 0 aliphatic rings. The van der Waals surface area contributed by atoms with Crippen molar-refractivity contribution in [1.82, 2.24) is 10.6 Å². The van der Waals surface area contributed by atoms with Crippen molar-refractivity contribution in [3.05, 3.63) is 59.5 Å². The lowest BCUT2D eigenvalue weighted by Crippen LogP contribution is -2.37. The second-order valence-electron chi connectivity index (χ2n) is 4.49. The van der Waals surface area contributed by atoms with Gasteiger partial charge >= 0.3 is 0 Å². The fraction of sp³-hybridized carbons (Fsp3) is 0.250. The first-order valence-electron chi connectivity index (χ1n) is 6.78. The van der Waals surface area contributed by atoms with E-state index in [1.54, 1.807) is 13.3 Å². The summed E-state index contributed by atoms with van der Waals surface area (Å²) in [6.45, 7) is 1.41. The standard InChI is InChI=1S/C16H18N4O/c1-18-16(19-9-8-15-3-2-10-21-15)20-12-14-6-4-13(11-17)5-7-14/h2-7,10H,8-9,12H2,1H3,(H2,18,19,20). The van der Waals surface area contributed by atoms with Crippen LogP contribution in [0, 0.1) is 11.3 Å². The van der Waals surface area contributed by atoms with Gasteiger partial charge in [-0.2, -0.15) is 5.26 Å². The third kappa shape index (κ3) is 4.69. The van der Waals surface area contributed by atoms with Gasteiger partial charge in [-0.1, -0.05) is 12.1 Å². The van der Waals surface area contributed by atoms with Gasteiger partial charge in [0.1, 0.15) is 5.76 Å². The summed E-state index contributed by atoms with van der Waals surface area (Å²) in [6, 6.07) is 13.4. The first-order chi connectivity index (χ1) is 10.3. The Balaban J connectivity index is 1.75. The molecule has 0 unspecified atom stereocenters. The van der Waals surface area contributed by atoms with Gasteiger partial charge in [0.25, 0.3) is 0 Å². The van der Waals surface area contributed by atoms with E-state index in [0.29, 0.717) is 12.1 Å². The van der Waals surface area contributed by atoms with Crippen LogP contribution in [0.2, 0.25) is 0 Å². The van der Waals surface area contributed by atoms with Crippen LogP contribution in [-0.4, -0.2) is 19.6 Å². The van der Waals surface area contributed by atoms with E-state index in [-0.39, 0.29) is 0 Å². The van der Waals surface area contributed by atoms with Crippen molar-refractivity contribution in [2.24, 2.45) is 4.99 Å². The van der Waals surface area contributed by atoms with Crippen LogP contribution in [0.4, 0.5) is 0 Å². The molecule has 0 fully saturated rings. The van der Waals surface area contributed by atoms with Crippen LogP contribution in [0.15, 0.2) is 52.1 Å². The number of nitrogens with zero attached hydrogens (tertiary/aromatic N) is 2. The highest BCUT2D eigenvalue weighted by Crippen LogP contribution is 2.03. The summed E-state index contributed by atoms with van der Waals surface area (Å²) in [7, 11) is 1.74. The third-order valence-corrected chi connectivity index (χ3v) is 3.01. The lowest BCUT2D eigenvalue weighted by atomic mass is 10.1. The van der Waals surface area contributed by atoms with E-state index in [1.165, 1.54) is 0 Å². The molecule has 2 N–H and O–H groups in total. The molecule has 0 saturated carbocycles. The lowest BCUT2D eigenvalue weighted by Gasteiger charge is -2.11. The van der Waals surface area contributed by atoms with Crippen molar-refractivity contribution in [3.8, 4) is 6.07 Å². The van der Waals surface area contributed by atoms with Gasteiger partial charge in [0.2, 0.25) is 0 Å². The van der Waals surface area contributed by atoms with Crippen molar-refractivity contribution in [1.29, 1.82) is 5.26 Å². The minimum Gasteiger partial charge on any atom is -0.469 e. The van der Waals surface area contributed by atoms with Gasteiger partial charge in [-0.25, -0.2) is 0 Å². The number of benzene rings is 1. The average molecular weight is 282 g/mol. The predicted molar refractivity (Wildman–Crippen MR) is 81.8 cm³/mol. The predicted octanol–water partition coefficient (Wildman–Crippen LogP) is 2.06. The lowest BCUT2D eigenvalue weighted by molar-refractivity contribution is 0.507. The number of hydrogen-bond acceptors (Lipinski definition) is 3. The Morgan fingerprint density at radius 2 is 2.05 bits per heavy atom. The maximum atomic E-state index is 8.76. The highest BCUT2D eigenvalue weighted by atomic mass is 16.3. The van der Waals surface area contributed by atoms with Gasteiger partial charge in [-0.3, -0.25) is 4.99 Å². The van der Waals surface area contributed by atoms with Gasteiger partial charge in [0, 0.05) is 26.6 Å². The summed E-state index contributed by atoms with van der Waals surface area (Å²) >= 11 is 0. The number of rotatable bonds is 5. The molecule has 0 amide bonds. The van der Waals surface area contributed by atoms with E-state index in [4.69, 9.17) is 9.68 Å². The monoisotopic (exact) mass is 282 g/mol. The van der Waals surface area contributed by atoms with Crippen LogP contribution < -0.4 is 10.6 Å². The van der Waals surface area contributed by atoms with Crippen molar-refractivity contribution >= 4 is 5.96 Å². The van der Waals surface area contributed by atoms with Gasteiger partial charge in [-0.05, 0) is 29.8 Å². The molecule has 0 radical (unpaired) electrons. The SMILES string of the molecule is CN=C(NCCc1ccco1)NCc1ccc(C#N)cc1. The van der Waals surface area contributed by atoms with E-state index < -0.39 is 0 Å². The van der Waals surface area contributed by atoms with Gasteiger partial charge in [0.15, 0.2) is 5.96 Å². The number of hydrogen-bond donors (Lipinski definition) is 2. The van der Waals surface area contributed by atoms with Crippen molar-refractivity contribution in [2.45, 2.75) is 13.0 Å².